The third kappa shape index (κ3) is 2.60. The van der Waals surface area contributed by atoms with Gasteiger partial charge in [-0.3, -0.25) is 9.80 Å². The standard InChI is InChI=1S/C21H23N3S/c1-23-13-18(15-8-9-20-19(12-15)22-14-25-20)16-6-2-3-7-17(16)21(23)24-10-4-5-11-24/h2-3,6-9,12,14,18,21H,4-5,10-11,13H2,1H3. The first-order valence-electron chi connectivity index (χ1n) is 9.17. The molecule has 0 radical (unpaired) electrons. The minimum absolute atomic E-state index is 0.422. The van der Waals surface area contributed by atoms with Crippen LogP contribution < -0.4 is 0 Å². The van der Waals surface area contributed by atoms with Gasteiger partial charge in [0.25, 0.3) is 0 Å². The zero-order valence-corrected chi connectivity index (χ0v) is 15.4. The Kier molecular flexibility index (Phi) is 3.85. The Morgan fingerprint density at radius 2 is 1.84 bits per heavy atom. The van der Waals surface area contributed by atoms with Crippen molar-refractivity contribution < 1.29 is 0 Å². The van der Waals surface area contributed by atoms with E-state index in [1.54, 1.807) is 11.3 Å². The first kappa shape index (κ1) is 15.5. The van der Waals surface area contributed by atoms with Gasteiger partial charge in [-0.1, -0.05) is 30.3 Å². The Balaban J connectivity index is 1.59. The van der Waals surface area contributed by atoms with Gasteiger partial charge in [0.15, 0.2) is 0 Å². The highest BCUT2D eigenvalue weighted by molar-refractivity contribution is 7.16. The topological polar surface area (TPSA) is 19.4 Å². The third-order valence-electron chi connectivity index (χ3n) is 5.78. The van der Waals surface area contributed by atoms with E-state index >= 15 is 0 Å². The lowest BCUT2D eigenvalue weighted by Gasteiger charge is -2.43. The van der Waals surface area contributed by atoms with E-state index in [1.165, 1.54) is 47.3 Å². The molecule has 0 N–H and O–H groups in total. The van der Waals surface area contributed by atoms with E-state index in [1.807, 2.05) is 5.51 Å². The van der Waals surface area contributed by atoms with Crippen LogP contribution in [0.4, 0.5) is 0 Å². The van der Waals surface area contributed by atoms with Crippen molar-refractivity contribution in [3.05, 3.63) is 64.7 Å². The molecule has 2 atom stereocenters. The number of fused-ring (bicyclic) bond motifs is 2. The fraction of sp³-hybridized carbons (Fsp3) is 0.381. The second-order valence-electron chi connectivity index (χ2n) is 7.32. The van der Waals surface area contributed by atoms with Crippen LogP contribution in [-0.4, -0.2) is 41.5 Å². The van der Waals surface area contributed by atoms with Crippen LogP contribution in [0.15, 0.2) is 48.0 Å². The molecule has 2 aliphatic heterocycles. The molecule has 4 heteroatoms. The van der Waals surface area contributed by atoms with Gasteiger partial charge in [0, 0.05) is 12.5 Å². The molecule has 0 saturated carbocycles. The average molecular weight is 350 g/mol. The fourth-order valence-corrected chi connectivity index (χ4v) is 5.28. The Morgan fingerprint density at radius 3 is 2.68 bits per heavy atom. The highest BCUT2D eigenvalue weighted by Gasteiger charge is 2.35. The van der Waals surface area contributed by atoms with Crippen molar-refractivity contribution in [2.75, 3.05) is 26.7 Å². The predicted octanol–water partition coefficient (Wildman–Crippen LogP) is 4.47. The van der Waals surface area contributed by atoms with Crippen molar-refractivity contribution in [1.82, 2.24) is 14.8 Å². The summed E-state index contributed by atoms with van der Waals surface area (Å²) in [5.41, 5.74) is 7.44. The molecule has 1 saturated heterocycles. The normalized spacial score (nSPS) is 24.7. The number of benzene rings is 2. The molecule has 2 aliphatic rings. The second-order valence-corrected chi connectivity index (χ2v) is 8.20. The molecule has 1 fully saturated rings. The second kappa shape index (κ2) is 6.20. The molecule has 25 heavy (non-hydrogen) atoms. The van der Waals surface area contributed by atoms with Crippen molar-refractivity contribution in [2.45, 2.75) is 24.9 Å². The summed E-state index contributed by atoms with van der Waals surface area (Å²) in [6.07, 6.45) is 3.09. The van der Waals surface area contributed by atoms with Gasteiger partial charge in [-0.2, -0.15) is 0 Å². The number of hydrogen-bond acceptors (Lipinski definition) is 4. The number of rotatable bonds is 2. The van der Waals surface area contributed by atoms with Crippen LogP contribution in [0, 0.1) is 0 Å². The van der Waals surface area contributed by atoms with Crippen molar-refractivity contribution in [2.24, 2.45) is 0 Å². The number of nitrogens with zero attached hydrogens (tertiary/aromatic N) is 3. The summed E-state index contributed by atoms with van der Waals surface area (Å²) in [7, 11) is 2.29. The fourth-order valence-electron chi connectivity index (χ4n) is 4.63. The van der Waals surface area contributed by atoms with Crippen LogP contribution in [-0.2, 0) is 0 Å². The van der Waals surface area contributed by atoms with Crippen LogP contribution >= 0.6 is 11.3 Å². The molecule has 0 spiro atoms. The SMILES string of the molecule is CN1CC(c2ccc3scnc3c2)c2ccccc2C1N1CCCC1. The van der Waals surface area contributed by atoms with Crippen LogP contribution in [0.5, 0.6) is 0 Å². The van der Waals surface area contributed by atoms with Gasteiger partial charge in [0.05, 0.1) is 21.9 Å². The van der Waals surface area contributed by atoms with Gasteiger partial charge >= 0.3 is 0 Å². The monoisotopic (exact) mass is 349 g/mol. The van der Waals surface area contributed by atoms with E-state index in [9.17, 15) is 0 Å². The Labute approximate surface area is 152 Å². The van der Waals surface area contributed by atoms with E-state index in [0.29, 0.717) is 12.1 Å². The molecule has 0 bridgehead atoms. The number of aromatic nitrogens is 1. The number of likely N-dealkylation sites (tertiary alicyclic amines) is 1. The minimum atomic E-state index is 0.422. The van der Waals surface area contributed by atoms with Crippen LogP contribution in [0.2, 0.25) is 0 Å². The minimum Gasteiger partial charge on any atom is -0.286 e. The maximum atomic E-state index is 4.52. The summed E-state index contributed by atoms with van der Waals surface area (Å²) in [6, 6.07) is 15.9. The van der Waals surface area contributed by atoms with Crippen molar-refractivity contribution in [3.8, 4) is 0 Å². The van der Waals surface area contributed by atoms with Crippen molar-refractivity contribution in [3.63, 3.8) is 0 Å². The number of hydrogen-bond donors (Lipinski definition) is 0. The van der Waals surface area contributed by atoms with E-state index in [0.717, 1.165) is 12.1 Å². The summed E-state index contributed by atoms with van der Waals surface area (Å²) in [6.45, 7) is 3.51. The lowest BCUT2D eigenvalue weighted by atomic mass is 9.83. The molecule has 3 aromatic rings. The zero-order valence-electron chi connectivity index (χ0n) is 14.6. The Morgan fingerprint density at radius 1 is 1.04 bits per heavy atom. The molecule has 0 aliphatic carbocycles. The Hall–Kier alpha value is -1.75. The highest BCUT2D eigenvalue weighted by atomic mass is 32.1. The first-order chi connectivity index (χ1) is 12.3. The van der Waals surface area contributed by atoms with E-state index < -0.39 is 0 Å². The maximum Gasteiger partial charge on any atom is 0.0886 e. The summed E-state index contributed by atoms with van der Waals surface area (Å²) in [5.74, 6) is 0.422. The molecule has 3 nitrogen and oxygen atoms in total. The molecule has 0 amide bonds. The lowest BCUT2D eigenvalue weighted by Crippen LogP contribution is -2.44. The van der Waals surface area contributed by atoms with E-state index in [2.05, 4.69) is 64.3 Å². The van der Waals surface area contributed by atoms with Crippen LogP contribution in [0.1, 0.15) is 41.6 Å². The molecule has 2 unspecified atom stereocenters. The molecule has 2 aromatic carbocycles. The predicted molar refractivity (Wildman–Crippen MR) is 104 cm³/mol. The van der Waals surface area contributed by atoms with Crippen molar-refractivity contribution in [1.29, 1.82) is 0 Å². The zero-order chi connectivity index (χ0) is 16.8. The smallest absolute Gasteiger partial charge is 0.0886 e. The largest absolute Gasteiger partial charge is 0.286 e. The van der Waals surface area contributed by atoms with Crippen molar-refractivity contribution >= 4 is 21.6 Å². The number of thiazole rings is 1. The molecule has 1 aromatic heterocycles. The van der Waals surface area contributed by atoms with Gasteiger partial charge in [-0.25, -0.2) is 4.98 Å². The first-order valence-corrected chi connectivity index (χ1v) is 10.1. The molecule has 5 rings (SSSR count). The lowest BCUT2D eigenvalue weighted by molar-refractivity contribution is 0.0669. The van der Waals surface area contributed by atoms with E-state index in [-0.39, 0.29) is 0 Å². The summed E-state index contributed by atoms with van der Waals surface area (Å²) >= 11 is 1.72. The van der Waals surface area contributed by atoms with Crippen LogP contribution in [0.3, 0.4) is 0 Å². The quantitative estimate of drug-likeness (QED) is 0.680. The molecular weight excluding hydrogens is 326 g/mol. The van der Waals surface area contributed by atoms with Gasteiger partial charge in [-0.05, 0) is 61.8 Å². The van der Waals surface area contributed by atoms with Gasteiger partial charge in [-0.15, -0.1) is 11.3 Å². The summed E-state index contributed by atoms with van der Waals surface area (Å²) in [5, 5.41) is 0. The average Bonchev–Trinajstić information content (AvgIpc) is 3.32. The molecular formula is C21H23N3S. The number of likely N-dealkylation sites (N-methyl/N-ethyl adjacent to an activating group) is 1. The van der Waals surface area contributed by atoms with Crippen LogP contribution in [0.25, 0.3) is 10.2 Å². The van der Waals surface area contributed by atoms with Gasteiger partial charge < -0.3 is 0 Å². The highest BCUT2D eigenvalue weighted by Crippen LogP contribution is 2.41. The van der Waals surface area contributed by atoms with Gasteiger partial charge in [0.2, 0.25) is 0 Å². The molecule has 3 heterocycles. The summed E-state index contributed by atoms with van der Waals surface area (Å²) < 4.78 is 1.27. The Bertz CT molecular complexity index is 897. The maximum absolute atomic E-state index is 4.52. The van der Waals surface area contributed by atoms with Gasteiger partial charge in [0.1, 0.15) is 0 Å². The third-order valence-corrected chi connectivity index (χ3v) is 6.59. The summed E-state index contributed by atoms with van der Waals surface area (Å²) in [4.78, 5) is 9.72. The molecule has 128 valence electrons. The van der Waals surface area contributed by atoms with E-state index in [4.69, 9.17) is 0 Å².